The van der Waals surface area contributed by atoms with Gasteiger partial charge in [-0.2, -0.15) is 5.10 Å². The molecule has 2 aromatic carbocycles. The summed E-state index contributed by atoms with van der Waals surface area (Å²) in [6.45, 7) is 6.37. The van der Waals surface area contributed by atoms with E-state index in [2.05, 4.69) is 15.7 Å². The lowest BCUT2D eigenvalue weighted by Crippen LogP contribution is -2.29. The van der Waals surface area contributed by atoms with Gasteiger partial charge in [-0.3, -0.25) is 4.79 Å². The SMILES string of the molecule is CCOc1ccc(NC(=O)c2cnn(-c3cccc(Cl)c3C)c2C2CCNCC2)cc1. The molecule has 0 spiro atoms. The molecule has 2 heterocycles. The second-order valence-electron chi connectivity index (χ2n) is 7.68. The topological polar surface area (TPSA) is 68.2 Å². The molecule has 1 aliphatic rings. The van der Waals surface area contributed by atoms with E-state index in [-0.39, 0.29) is 11.8 Å². The predicted molar refractivity (Wildman–Crippen MR) is 124 cm³/mol. The Morgan fingerprint density at radius 2 is 1.97 bits per heavy atom. The molecule has 0 atom stereocenters. The molecule has 7 heteroatoms. The quantitative estimate of drug-likeness (QED) is 0.571. The van der Waals surface area contributed by atoms with Gasteiger partial charge in [0.2, 0.25) is 0 Å². The Bertz CT molecular complexity index is 1060. The zero-order chi connectivity index (χ0) is 21.8. The largest absolute Gasteiger partial charge is 0.494 e. The normalized spacial score (nSPS) is 14.4. The van der Waals surface area contributed by atoms with Crippen molar-refractivity contribution in [2.24, 2.45) is 0 Å². The van der Waals surface area contributed by atoms with Crippen molar-refractivity contribution in [2.45, 2.75) is 32.6 Å². The van der Waals surface area contributed by atoms with E-state index in [9.17, 15) is 4.79 Å². The molecule has 0 unspecified atom stereocenters. The summed E-state index contributed by atoms with van der Waals surface area (Å²) < 4.78 is 7.37. The van der Waals surface area contributed by atoms with Crippen LogP contribution in [0.2, 0.25) is 5.02 Å². The van der Waals surface area contributed by atoms with Crippen molar-refractivity contribution in [3.8, 4) is 11.4 Å². The summed E-state index contributed by atoms with van der Waals surface area (Å²) in [6.07, 6.45) is 3.57. The fourth-order valence-electron chi connectivity index (χ4n) is 4.04. The summed E-state index contributed by atoms with van der Waals surface area (Å²) in [4.78, 5) is 13.2. The molecule has 1 aliphatic heterocycles. The number of carbonyl (C=O) groups is 1. The first-order valence-electron chi connectivity index (χ1n) is 10.7. The van der Waals surface area contributed by atoms with Crippen molar-refractivity contribution in [2.75, 3.05) is 25.0 Å². The van der Waals surface area contributed by atoms with Gasteiger partial charge in [-0.25, -0.2) is 4.68 Å². The predicted octanol–water partition coefficient (Wildman–Crippen LogP) is 4.95. The van der Waals surface area contributed by atoms with Gasteiger partial charge in [0.1, 0.15) is 5.75 Å². The zero-order valence-electron chi connectivity index (χ0n) is 17.8. The number of rotatable bonds is 6. The van der Waals surface area contributed by atoms with Crippen LogP contribution >= 0.6 is 11.6 Å². The molecule has 162 valence electrons. The summed E-state index contributed by atoms with van der Waals surface area (Å²) in [5.41, 5.74) is 4.11. The Kier molecular flexibility index (Phi) is 6.59. The molecule has 31 heavy (non-hydrogen) atoms. The monoisotopic (exact) mass is 438 g/mol. The fraction of sp³-hybridized carbons (Fsp3) is 0.333. The highest BCUT2D eigenvalue weighted by Crippen LogP contribution is 2.32. The van der Waals surface area contributed by atoms with Crippen molar-refractivity contribution in [3.05, 3.63) is 70.5 Å². The first kappa shape index (κ1) is 21.4. The Morgan fingerprint density at radius 1 is 1.23 bits per heavy atom. The van der Waals surface area contributed by atoms with Gasteiger partial charge in [0.05, 0.1) is 29.7 Å². The van der Waals surface area contributed by atoms with E-state index in [0.717, 1.165) is 54.3 Å². The molecule has 3 aromatic rings. The highest BCUT2D eigenvalue weighted by atomic mass is 35.5. The summed E-state index contributed by atoms with van der Waals surface area (Å²) in [5.74, 6) is 0.854. The first-order chi connectivity index (χ1) is 15.1. The molecule has 0 saturated carbocycles. The number of ether oxygens (including phenoxy) is 1. The van der Waals surface area contributed by atoms with Crippen molar-refractivity contribution in [1.82, 2.24) is 15.1 Å². The van der Waals surface area contributed by atoms with Gasteiger partial charge in [-0.05, 0) is 81.7 Å². The Balaban J connectivity index is 1.69. The van der Waals surface area contributed by atoms with E-state index < -0.39 is 0 Å². The lowest BCUT2D eigenvalue weighted by Gasteiger charge is -2.25. The van der Waals surface area contributed by atoms with Crippen LogP contribution in [-0.4, -0.2) is 35.4 Å². The lowest BCUT2D eigenvalue weighted by molar-refractivity contribution is 0.102. The van der Waals surface area contributed by atoms with Gasteiger partial charge in [-0.15, -0.1) is 0 Å². The number of hydrogen-bond acceptors (Lipinski definition) is 4. The molecule has 1 amide bonds. The Labute approximate surface area is 187 Å². The molecule has 2 N–H and O–H groups in total. The van der Waals surface area contributed by atoms with Crippen LogP contribution in [0.1, 0.15) is 47.3 Å². The maximum atomic E-state index is 13.2. The van der Waals surface area contributed by atoms with Gasteiger partial charge in [0.15, 0.2) is 0 Å². The summed E-state index contributed by atoms with van der Waals surface area (Å²) in [7, 11) is 0. The van der Waals surface area contributed by atoms with Crippen LogP contribution in [0.3, 0.4) is 0 Å². The average molecular weight is 439 g/mol. The number of aromatic nitrogens is 2. The maximum absolute atomic E-state index is 13.2. The molecule has 1 aromatic heterocycles. The molecular weight excluding hydrogens is 412 g/mol. The molecule has 0 aliphatic carbocycles. The van der Waals surface area contributed by atoms with Crippen molar-refractivity contribution in [1.29, 1.82) is 0 Å². The molecule has 6 nitrogen and oxygen atoms in total. The van der Waals surface area contributed by atoms with Gasteiger partial charge in [0.25, 0.3) is 5.91 Å². The van der Waals surface area contributed by atoms with Crippen LogP contribution in [0.15, 0.2) is 48.7 Å². The standard InChI is InChI=1S/C24H27ClN4O2/c1-3-31-19-9-7-18(8-10-19)28-24(30)20-15-27-29(22-6-4-5-21(25)16(22)2)23(20)17-11-13-26-14-12-17/h4-10,15,17,26H,3,11-14H2,1-2H3,(H,28,30). The summed E-state index contributed by atoms with van der Waals surface area (Å²) in [6, 6.07) is 13.2. The number of piperidine rings is 1. The van der Waals surface area contributed by atoms with Crippen LogP contribution in [0, 0.1) is 6.92 Å². The third kappa shape index (κ3) is 4.60. The molecular formula is C24H27ClN4O2. The van der Waals surface area contributed by atoms with Crippen molar-refractivity contribution in [3.63, 3.8) is 0 Å². The van der Waals surface area contributed by atoms with Gasteiger partial charge >= 0.3 is 0 Å². The molecule has 0 bridgehead atoms. The minimum Gasteiger partial charge on any atom is -0.494 e. The molecule has 0 radical (unpaired) electrons. The number of anilines is 1. The Morgan fingerprint density at radius 3 is 2.68 bits per heavy atom. The zero-order valence-corrected chi connectivity index (χ0v) is 18.6. The second-order valence-corrected chi connectivity index (χ2v) is 8.08. The highest BCUT2D eigenvalue weighted by Gasteiger charge is 2.27. The lowest BCUT2D eigenvalue weighted by atomic mass is 9.91. The number of halogens is 1. The highest BCUT2D eigenvalue weighted by molar-refractivity contribution is 6.31. The maximum Gasteiger partial charge on any atom is 0.259 e. The van der Waals surface area contributed by atoms with E-state index in [0.29, 0.717) is 17.2 Å². The van der Waals surface area contributed by atoms with Crippen molar-refractivity contribution >= 4 is 23.2 Å². The van der Waals surface area contributed by atoms with Crippen LogP contribution in [0.5, 0.6) is 5.75 Å². The average Bonchev–Trinajstić information content (AvgIpc) is 3.23. The van der Waals surface area contributed by atoms with Crippen LogP contribution < -0.4 is 15.4 Å². The number of nitrogens with one attached hydrogen (secondary N) is 2. The number of amides is 1. The molecule has 1 saturated heterocycles. The van der Waals surface area contributed by atoms with Crippen LogP contribution in [-0.2, 0) is 0 Å². The third-order valence-corrected chi connectivity index (χ3v) is 6.08. The molecule has 4 rings (SSSR count). The number of hydrogen-bond donors (Lipinski definition) is 2. The van der Waals surface area contributed by atoms with Gasteiger partial charge in [0, 0.05) is 16.6 Å². The van der Waals surface area contributed by atoms with Crippen LogP contribution in [0.25, 0.3) is 5.69 Å². The van der Waals surface area contributed by atoms with E-state index in [1.54, 1.807) is 6.20 Å². The Hall–Kier alpha value is -2.83. The van der Waals surface area contributed by atoms with Gasteiger partial charge < -0.3 is 15.4 Å². The number of carbonyl (C=O) groups excluding carboxylic acids is 1. The minimum atomic E-state index is -0.163. The second kappa shape index (κ2) is 9.54. The summed E-state index contributed by atoms with van der Waals surface area (Å²) in [5, 5.41) is 11.7. The van der Waals surface area contributed by atoms with E-state index in [4.69, 9.17) is 16.3 Å². The minimum absolute atomic E-state index is 0.163. The van der Waals surface area contributed by atoms with E-state index >= 15 is 0 Å². The number of nitrogens with zero attached hydrogens (tertiary/aromatic N) is 2. The van der Waals surface area contributed by atoms with E-state index in [1.165, 1.54) is 0 Å². The van der Waals surface area contributed by atoms with E-state index in [1.807, 2.05) is 61.0 Å². The van der Waals surface area contributed by atoms with Gasteiger partial charge in [-0.1, -0.05) is 17.7 Å². The third-order valence-electron chi connectivity index (χ3n) is 5.67. The smallest absolute Gasteiger partial charge is 0.259 e. The summed E-state index contributed by atoms with van der Waals surface area (Å²) >= 11 is 6.37. The van der Waals surface area contributed by atoms with Crippen molar-refractivity contribution < 1.29 is 9.53 Å². The van der Waals surface area contributed by atoms with Crippen LogP contribution in [0.4, 0.5) is 5.69 Å². The molecule has 1 fully saturated rings. The first-order valence-corrected chi connectivity index (χ1v) is 11.0. The fourth-order valence-corrected chi connectivity index (χ4v) is 4.21. The number of benzene rings is 2.